The Morgan fingerprint density at radius 2 is 1.80 bits per heavy atom. The van der Waals surface area contributed by atoms with Gasteiger partial charge in [-0.15, -0.1) is 0 Å². The molecule has 0 aliphatic carbocycles. The normalized spacial score (nSPS) is 11.9. The average molecular weight is 406 g/mol. The Morgan fingerprint density at radius 3 is 2.50 bits per heavy atom. The molecule has 7 nitrogen and oxygen atoms in total. The molecule has 0 saturated carbocycles. The molecule has 0 aliphatic heterocycles. The molecule has 3 aromatic rings. The molecular formula is C23H26N4O3. The number of carbonyl (C=O) groups is 2. The number of oxazole rings is 1. The van der Waals surface area contributed by atoms with E-state index in [1.54, 1.807) is 24.5 Å². The van der Waals surface area contributed by atoms with Crippen LogP contribution < -0.4 is 10.6 Å². The maximum absolute atomic E-state index is 12.7. The van der Waals surface area contributed by atoms with Gasteiger partial charge in [-0.2, -0.15) is 0 Å². The lowest BCUT2D eigenvalue weighted by Gasteiger charge is -2.17. The van der Waals surface area contributed by atoms with E-state index in [9.17, 15) is 9.59 Å². The Morgan fingerprint density at radius 1 is 1.07 bits per heavy atom. The zero-order valence-electron chi connectivity index (χ0n) is 17.6. The molecule has 7 heteroatoms. The van der Waals surface area contributed by atoms with Crippen LogP contribution in [0, 0.1) is 19.8 Å². The molecule has 0 aliphatic rings. The van der Waals surface area contributed by atoms with Crippen molar-refractivity contribution >= 4 is 17.5 Å². The number of hydrogen-bond acceptors (Lipinski definition) is 5. The standard InChI is InChI=1S/C23H26N4O3/c1-14(2)11-19(26-21(28)17-7-9-24-10-8-17)23-27-20(13-30-23)22(29)25-18-12-15(3)5-6-16(18)4/h5-10,12-14,19H,11H2,1-4H3,(H,25,29)(H,26,28)/t19-/m0/s1. The highest BCUT2D eigenvalue weighted by molar-refractivity contribution is 6.03. The van der Waals surface area contributed by atoms with E-state index >= 15 is 0 Å². The molecule has 3 rings (SSSR count). The van der Waals surface area contributed by atoms with Crippen molar-refractivity contribution in [2.24, 2.45) is 5.92 Å². The lowest BCUT2D eigenvalue weighted by atomic mass is 10.0. The molecule has 0 radical (unpaired) electrons. The van der Waals surface area contributed by atoms with Crippen LogP contribution in [0.4, 0.5) is 5.69 Å². The van der Waals surface area contributed by atoms with Gasteiger partial charge in [0.2, 0.25) is 5.89 Å². The summed E-state index contributed by atoms with van der Waals surface area (Å²) in [7, 11) is 0. The maximum Gasteiger partial charge on any atom is 0.277 e. The SMILES string of the molecule is Cc1ccc(C)c(NC(=O)c2coc([C@H](CC(C)C)NC(=O)c3ccncc3)n2)c1. The number of hydrogen-bond donors (Lipinski definition) is 2. The number of aryl methyl sites for hydroxylation is 2. The fourth-order valence-corrected chi connectivity index (χ4v) is 3.05. The number of carbonyl (C=O) groups excluding carboxylic acids is 2. The molecule has 30 heavy (non-hydrogen) atoms. The van der Waals surface area contributed by atoms with Gasteiger partial charge in [0.05, 0.1) is 0 Å². The summed E-state index contributed by atoms with van der Waals surface area (Å²) in [6.45, 7) is 7.98. The smallest absolute Gasteiger partial charge is 0.277 e. The Balaban J connectivity index is 1.76. The monoisotopic (exact) mass is 406 g/mol. The van der Waals surface area contributed by atoms with Gasteiger partial charge < -0.3 is 15.1 Å². The van der Waals surface area contributed by atoms with Crippen LogP contribution in [-0.4, -0.2) is 21.8 Å². The lowest BCUT2D eigenvalue weighted by Crippen LogP contribution is -2.30. The van der Waals surface area contributed by atoms with Crippen LogP contribution in [0.5, 0.6) is 0 Å². The molecule has 2 heterocycles. The number of aromatic nitrogens is 2. The summed E-state index contributed by atoms with van der Waals surface area (Å²) in [5.74, 6) is -0.0193. The molecule has 1 aromatic carbocycles. The van der Waals surface area contributed by atoms with Crippen LogP contribution in [0.15, 0.2) is 53.4 Å². The minimum absolute atomic E-state index is 0.165. The van der Waals surface area contributed by atoms with Crippen LogP contribution in [0.1, 0.15) is 64.2 Å². The Labute approximate surface area is 175 Å². The summed E-state index contributed by atoms with van der Waals surface area (Å²) in [4.78, 5) is 33.5. The fraction of sp³-hybridized carbons (Fsp3) is 0.304. The summed E-state index contributed by atoms with van der Waals surface area (Å²) < 4.78 is 5.58. The number of pyridine rings is 1. The summed E-state index contributed by atoms with van der Waals surface area (Å²) in [5.41, 5.74) is 3.40. The molecule has 2 N–H and O–H groups in total. The minimum Gasteiger partial charge on any atom is -0.446 e. The first kappa shape index (κ1) is 21.2. The van der Waals surface area contributed by atoms with E-state index in [4.69, 9.17) is 4.42 Å². The van der Waals surface area contributed by atoms with Gasteiger partial charge in [-0.1, -0.05) is 26.0 Å². The van der Waals surface area contributed by atoms with Gasteiger partial charge in [0, 0.05) is 23.6 Å². The number of rotatable bonds is 7. The summed E-state index contributed by atoms with van der Waals surface area (Å²) in [6, 6.07) is 8.67. The van der Waals surface area contributed by atoms with Crippen molar-refractivity contribution in [2.75, 3.05) is 5.32 Å². The molecule has 2 amide bonds. The molecule has 1 atom stereocenters. The first-order valence-electron chi connectivity index (χ1n) is 9.88. The molecule has 0 bridgehead atoms. The summed E-state index contributed by atoms with van der Waals surface area (Å²) >= 11 is 0. The summed E-state index contributed by atoms with van der Waals surface area (Å²) in [6.07, 6.45) is 5.07. The summed E-state index contributed by atoms with van der Waals surface area (Å²) in [5, 5.41) is 5.82. The minimum atomic E-state index is -0.451. The molecule has 2 aromatic heterocycles. The average Bonchev–Trinajstić information content (AvgIpc) is 3.21. The molecule has 0 spiro atoms. The second-order valence-electron chi connectivity index (χ2n) is 7.73. The van der Waals surface area contributed by atoms with Crippen molar-refractivity contribution in [3.8, 4) is 0 Å². The van der Waals surface area contributed by atoms with Gasteiger partial charge >= 0.3 is 0 Å². The predicted octanol–water partition coefficient (Wildman–Crippen LogP) is 4.46. The van der Waals surface area contributed by atoms with Crippen LogP contribution in [0.3, 0.4) is 0 Å². The zero-order valence-corrected chi connectivity index (χ0v) is 17.6. The van der Waals surface area contributed by atoms with E-state index in [-0.39, 0.29) is 23.4 Å². The van der Waals surface area contributed by atoms with Crippen LogP contribution >= 0.6 is 0 Å². The number of benzene rings is 1. The highest BCUT2D eigenvalue weighted by Crippen LogP contribution is 2.23. The Bertz CT molecular complexity index is 1030. The maximum atomic E-state index is 12.7. The quantitative estimate of drug-likeness (QED) is 0.604. The van der Waals surface area contributed by atoms with Crippen molar-refractivity contribution in [1.82, 2.24) is 15.3 Å². The Kier molecular flexibility index (Phi) is 6.61. The number of amides is 2. The van der Waals surface area contributed by atoms with E-state index in [0.29, 0.717) is 17.9 Å². The van der Waals surface area contributed by atoms with Crippen LogP contribution in [-0.2, 0) is 0 Å². The van der Waals surface area contributed by atoms with Crippen molar-refractivity contribution in [3.05, 3.63) is 77.3 Å². The van der Waals surface area contributed by atoms with Crippen molar-refractivity contribution in [2.45, 2.75) is 40.2 Å². The van der Waals surface area contributed by atoms with Gasteiger partial charge in [-0.3, -0.25) is 14.6 Å². The number of nitrogens with one attached hydrogen (secondary N) is 2. The van der Waals surface area contributed by atoms with Gasteiger partial charge in [-0.25, -0.2) is 4.98 Å². The Hall–Kier alpha value is -3.48. The van der Waals surface area contributed by atoms with Gasteiger partial charge in [0.1, 0.15) is 12.3 Å². The topological polar surface area (TPSA) is 97.1 Å². The van der Waals surface area contributed by atoms with Crippen molar-refractivity contribution < 1.29 is 14.0 Å². The van der Waals surface area contributed by atoms with Crippen molar-refractivity contribution in [3.63, 3.8) is 0 Å². The van der Waals surface area contributed by atoms with E-state index in [2.05, 4.69) is 20.6 Å². The van der Waals surface area contributed by atoms with E-state index in [0.717, 1.165) is 16.8 Å². The van der Waals surface area contributed by atoms with E-state index in [1.807, 2.05) is 45.9 Å². The van der Waals surface area contributed by atoms with Gasteiger partial charge in [0.25, 0.3) is 11.8 Å². The van der Waals surface area contributed by atoms with Crippen LogP contribution in [0.25, 0.3) is 0 Å². The van der Waals surface area contributed by atoms with Gasteiger partial charge in [-0.05, 0) is 55.5 Å². The second kappa shape index (κ2) is 9.35. The fourth-order valence-electron chi connectivity index (χ4n) is 3.05. The largest absolute Gasteiger partial charge is 0.446 e. The number of anilines is 1. The molecular weight excluding hydrogens is 380 g/mol. The highest BCUT2D eigenvalue weighted by atomic mass is 16.3. The lowest BCUT2D eigenvalue weighted by molar-refractivity contribution is 0.0924. The van der Waals surface area contributed by atoms with E-state index < -0.39 is 6.04 Å². The molecule has 0 unspecified atom stereocenters. The molecule has 0 saturated heterocycles. The van der Waals surface area contributed by atoms with Crippen molar-refractivity contribution in [1.29, 1.82) is 0 Å². The zero-order chi connectivity index (χ0) is 21.7. The third-order valence-corrected chi connectivity index (χ3v) is 4.65. The highest BCUT2D eigenvalue weighted by Gasteiger charge is 2.23. The second-order valence-corrected chi connectivity index (χ2v) is 7.73. The molecule has 156 valence electrons. The third-order valence-electron chi connectivity index (χ3n) is 4.65. The predicted molar refractivity (Wildman–Crippen MR) is 114 cm³/mol. The van der Waals surface area contributed by atoms with Gasteiger partial charge in [0.15, 0.2) is 5.69 Å². The third kappa shape index (κ3) is 5.31. The first-order valence-corrected chi connectivity index (χ1v) is 9.88. The van der Waals surface area contributed by atoms with Crippen LogP contribution in [0.2, 0.25) is 0 Å². The number of nitrogens with zero attached hydrogens (tertiary/aromatic N) is 2. The first-order chi connectivity index (χ1) is 14.3. The van der Waals surface area contributed by atoms with E-state index in [1.165, 1.54) is 6.26 Å². The molecule has 0 fully saturated rings.